The first kappa shape index (κ1) is 14.9. The van der Waals surface area contributed by atoms with Crippen LogP contribution < -0.4 is 0 Å². The summed E-state index contributed by atoms with van der Waals surface area (Å²) in [5.74, 6) is -0.0672. The Morgan fingerprint density at radius 1 is 1.26 bits per heavy atom. The van der Waals surface area contributed by atoms with Gasteiger partial charge in [0.2, 0.25) is 0 Å². The van der Waals surface area contributed by atoms with E-state index in [1.165, 1.54) is 6.92 Å². The van der Waals surface area contributed by atoms with Gasteiger partial charge in [-0.25, -0.2) is 0 Å². The second-order valence-electron chi connectivity index (χ2n) is 7.41. The Bertz CT molecular complexity index is 399. The molecule has 0 aromatic heterocycles. The van der Waals surface area contributed by atoms with Crippen LogP contribution >= 0.6 is 0 Å². The highest BCUT2D eigenvalue weighted by Gasteiger charge is 2.67. The summed E-state index contributed by atoms with van der Waals surface area (Å²) < 4.78 is 0. The van der Waals surface area contributed by atoms with Crippen LogP contribution in [0.4, 0.5) is 0 Å². The molecule has 2 aliphatic rings. The lowest BCUT2D eigenvalue weighted by atomic mass is 9.51. The number of carbonyl (C=O) groups is 1. The Kier molecular flexibility index (Phi) is 3.17. The van der Waals surface area contributed by atoms with E-state index in [-0.39, 0.29) is 17.6 Å². The number of rotatable bonds is 2. The van der Waals surface area contributed by atoms with E-state index in [0.29, 0.717) is 19.3 Å². The van der Waals surface area contributed by atoms with Crippen molar-refractivity contribution < 1.29 is 20.1 Å². The molecule has 4 atom stereocenters. The summed E-state index contributed by atoms with van der Waals surface area (Å²) in [4.78, 5) is 12.3. The lowest BCUT2D eigenvalue weighted by molar-refractivity contribution is -0.207. The van der Waals surface area contributed by atoms with Crippen molar-refractivity contribution in [2.45, 2.75) is 77.1 Å². The zero-order valence-electron chi connectivity index (χ0n) is 12.4. The Labute approximate surface area is 114 Å². The van der Waals surface area contributed by atoms with E-state index in [1.54, 1.807) is 13.8 Å². The summed E-state index contributed by atoms with van der Waals surface area (Å²) in [6.07, 6.45) is 1.95. The average molecular weight is 270 g/mol. The predicted molar refractivity (Wildman–Crippen MR) is 71.6 cm³/mol. The van der Waals surface area contributed by atoms with E-state index >= 15 is 0 Å². The minimum absolute atomic E-state index is 0.0672. The van der Waals surface area contributed by atoms with Crippen molar-refractivity contribution >= 4 is 5.78 Å². The molecule has 0 aromatic carbocycles. The highest BCUT2D eigenvalue weighted by Crippen LogP contribution is 2.64. The summed E-state index contributed by atoms with van der Waals surface area (Å²) >= 11 is 0. The quantitative estimate of drug-likeness (QED) is 0.709. The van der Waals surface area contributed by atoms with Crippen molar-refractivity contribution in [2.75, 3.05) is 0 Å². The van der Waals surface area contributed by atoms with Gasteiger partial charge in [-0.05, 0) is 58.3 Å². The number of carbonyl (C=O) groups excluding carboxylic acids is 1. The molecule has 0 spiro atoms. The highest BCUT2D eigenvalue weighted by molar-refractivity contribution is 5.85. The largest absolute Gasteiger partial charge is 0.392 e. The maximum Gasteiger partial charge on any atom is 0.139 e. The molecule has 4 nitrogen and oxygen atoms in total. The zero-order valence-corrected chi connectivity index (χ0v) is 12.4. The van der Waals surface area contributed by atoms with Crippen LogP contribution in [0.2, 0.25) is 0 Å². The molecule has 0 saturated heterocycles. The van der Waals surface area contributed by atoms with Crippen molar-refractivity contribution in [3.8, 4) is 0 Å². The van der Waals surface area contributed by atoms with E-state index in [1.807, 2.05) is 6.92 Å². The van der Waals surface area contributed by atoms with Crippen molar-refractivity contribution in [3.05, 3.63) is 0 Å². The fraction of sp³-hybridized carbons (Fsp3) is 0.933. The first-order chi connectivity index (χ1) is 8.49. The number of fused-ring (bicyclic) bond motifs is 1. The Morgan fingerprint density at radius 2 is 1.84 bits per heavy atom. The van der Waals surface area contributed by atoms with Gasteiger partial charge in [-0.3, -0.25) is 4.79 Å². The molecule has 0 aliphatic heterocycles. The maximum absolute atomic E-state index is 12.3. The van der Waals surface area contributed by atoms with Crippen LogP contribution in [0, 0.1) is 10.8 Å². The topological polar surface area (TPSA) is 77.8 Å². The third kappa shape index (κ3) is 1.80. The number of ketones is 1. The van der Waals surface area contributed by atoms with Crippen LogP contribution in [-0.2, 0) is 4.79 Å². The van der Waals surface area contributed by atoms with Crippen LogP contribution in [-0.4, -0.2) is 38.4 Å². The van der Waals surface area contributed by atoms with Gasteiger partial charge in [-0.2, -0.15) is 0 Å². The van der Waals surface area contributed by atoms with Gasteiger partial charge in [-0.1, -0.05) is 6.92 Å². The van der Waals surface area contributed by atoms with E-state index in [2.05, 4.69) is 0 Å². The molecule has 0 bridgehead atoms. The lowest BCUT2D eigenvalue weighted by Crippen LogP contribution is -2.63. The summed E-state index contributed by atoms with van der Waals surface area (Å²) in [6, 6.07) is 0. The summed E-state index contributed by atoms with van der Waals surface area (Å²) in [7, 11) is 0. The summed E-state index contributed by atoms with van der Waals surface area (Å²) in [5, 5.41) is 31.4. The molecular formula is C15H26O4. The Balaban J connectivity index is 2.49. The molecule has 3 N–H and O–H groups in total. The van der Waals surface area contributed by atoms with Gasteiger partial charge in [-0.15, -0.1) is 0 Å². The third-order valence-corrected chi connectivity index (χ3v) is 6.04. The van der Waals surface area contributed by atoms with Gasteiger partial charge in [0.25, 0.3) is 0 Å². The number of hydrogen-bond donors (Lipinski definition) is 3. The van der Waals surface area contributed by atoms with Crippen LogP contribution in [0.3, 0.4) is 0 Å². The van der Waals surface area contributed by atoms with Crippen LogP contribution in [0.15, 0.2) is 0 Å². The van der Waals surface area contributed by atoms with Crippen LogP contribution in [0.5, 0.6) is 0 Å². The van der Waals surface area contributed by atoms with Crippen LogP contribution in [0.1, 0.15) is 59.8 Å². The molecule has 2 saturated carbocycles. The normalized spacial score (nSPS) is 47.0. The standard InChI is InChI=1S/C15H26O4/c1-10(16)15-9-14(19,12(2,3)18)8-7-13(15,4)6-5-11(15)17/h11,17-19H,5-9H2,1-4H3/t11-,13-,14+,15+/m1/s1. The second-order valence-corrected chi connectivity index (χ2v) is 7.41. The molecule has 2 rings (SSSR count). The van der Waals surface area contributed by atoms with Gasteiger partial charge in [0.15, 0.2) is 0 Å². The minimum Gasteiger partial charge on any atom is -0.392 e. The van der Waals surface area contributed by atoms with Gasteiger partial charge < -0.3 is 15.3 Å². The van der Waals surface area contributed by atoms with Crippen molar-refractivity contribution in [1.82, 2.24) is 0 Å². The monoisotopic (exact) mass is 270 g/mol. The third-order valence-electron chi connectivity index (χ3n) is 6.04. The minimum atomic E-state index is -1.32. The summed E-state index contributed by atoms with van der Waals surface area (Å²) in [5.41, 5.74) is -3.78. The first-order valence-corrected chi connectivity index (χ1v) is 7.12. The van der Waals surface area contributed by atoms with E-state index in [4.69, 9.17) is 0 Å². The Hall–Kier alpha value is -0.450. The second kappa shape index (κ2) is 4.03. The van der Waals surface area contributed by atoms with E-state index in [0.717, 1.165) is 6.42 Å². The number of aliphatic hydroxyl groups is 3. The molecule has 0 unspecified atom stereocenters. The molecule has 2 aliphatic carbocycles. The number of Topliss-reactive ketones (excluding diaryl/α,β-unsaturated/α-hetero) is 1. The molecular weight excluding hydrogens is 244 g/mol. The van der Waals surface area contributed by atoms with Gasteiger partial charge in [0.1, 0.15) is 5.78 Å². The smallest absolute Gasteiger partial charge is 0.139 e. The molecule has 0 aromatic rings. The fourth-order valence-corrected chi connectivity index (χ4v) is 4.34. The lowest BCUT2D eigenvalue weighted by Gasteiger charge is -2.56. The molecule has 0 heterocycles. The first-order valence-electron chi connectivity index (χ1n) is 7.12. The van der Waals surface area contributed by atoms with E-state index < -0.39 is 22.7 Å². The van der Waals surface area contributed by atoms with E-state index in [9.17, 15) is 20.1 Å². The predicted octanol–water partition coefficient (Wildman–Crippen LogP) is 1.41. The van der Waals surface area contributed by atoms with Crippen molar-refractivity contribution in [1.29, 1.82) is 0 Å². The average Bonchev–Trinajstić information content (AvgIpc) is 2.52. The molecule has 4 heteroatoms. The number of aliphatic hydroxyl groups excluding tert-OH is 1. The highest BCUT2D eigenvalue weighted by atomic mass is 16.4. The van der Waals surface area contributed by atoms with Gasteiger partial charge in [0.05, 0.1) is 22.7 Å². The van der Waals surface area contributed by atoms with Gasteiger partial charge in [0, 0.05) is 0 Å². The SMILES string of the molecule is CC(=O)[C@]12C[C@](O)(C(C)(C)O)CC[C@@]1(C)CC[C@H]2O. The Morgan fingerprint density at radius 3 is 2.32 bits per heavy atom. The fourth-order valence-electron chi connectivity index (χ4n) is 4.34. The van der Waals surface area contributed by atoms with Crippen molar-refractivity contribution in [3.63, 3.8) is 0 Å². The number of hydrogen-bond acceptors (Lipinski definition) is 4. The zero-order chi connectivity index (χ0) is 14.7. The van der Waals surface area contributed by atoms with Gasteiger partial charge >= 0.3 is 0 Å². The molecule has 19 heavy (non-hydrogen) atoms. The van der Waals surface area contributed by atoms with Crippen LogP contribution in [0.25, 0.3) is 0 Å². The molecule has 2 fully saturated rings. The molecule has 0 radical (unpaired) electrons. The van der Waals surface area contributed by atoms with Crippen molar-refractivity contribution in [2.24, 2.45) is 10.8 Å². The molecule has 0 amide bonds. The maximum atomic E-state index is 12.3. The summed E-state index contributed by atoms with van der Waals surface area (Å²) in [6.45, 7) is 6.69. The molecule has 110 valence electrons.